The van der Waals surface area contributed by atoms with Crippen molar-refractivity contribution in [2.24, 2.45) is 0 Å². The summed E-state index contributed by atoms with van der Waals surface area (Å²) in [6.07, 6.45) is 3.21. The number of nitrogens with one attached hydrogen (secondary N) is 1. The quantitative estimate of drug-likeness (QED) is 0.438. The first-order chi connectivity index (χ1) is 13.4. The Morgan fingerprint density at radius 1 is 0.741 bits per heavy atom. The lowest BCUT2D eigenvalue weighted by molar-refractivity contribution is 0.600. The van der Waals surface area contributed by atoms with Crippen LogP contribution in [0.4, 0.5) is 0 Å². The third-order valence-electron chi connectivity index (χ3n) is 5.97. The molecule has 2 aliphatic rings. The fraction of sp³-hybridized carbons (Fsp3) is 0.120. The Balaban J connectivity index is 1.45. The molecule has 4 aromatic rings. The second-order valence-electron chi connectivity index (χ2n) is 7.50. The predicted molar refractivity (Wildman–Crippen MR) is 109 cm³/mol. The molecule has 2 heteroatoms. The fourth-order valence-corrected chi connectivity index (χ4v) is 4.69. The molecule has 0 saturated heterocycles. The highest BCUT2D eigenvalue weighted by molar-refractivity contribution is 5.77. The minimum atomic E-state index is 0.196. The smallest absolute Gasteiger partial charge is 0.0737 e. The largest absolute Gasteiger partial charge is 0.319 e. The van der Waals surface area contributed by atoms with Crippen LogP contribution in [0.5, 0.6) is 0 Å². The Hall–Kier alpha value is -3.10. The van der Waals surface area contributed by atoms with Crippen molar-refractivity contribution in [3.63, 3.8) is 0 Å². The number of hydrogen-bond donors (Lipinski definition) is 1. The van der Waals surface area contributed by atoms with Gasteiger partial charge in [0.1, 0.15) is 0 Å². The van der Waals surface area contributed by atoms with Crippen LogP contribution in [-0.2, 0) is 13.0 Å². The molecule has 0 fully saturated rings. The molecule has 1 aliphatic heterocycles. The zero-order valence-electron chi connectivity index (χ0n) is 15.0. The van der Waals surface area contributed by atoms with Gasteiger partial charge in [0.2, 0.25) is 0 Å². The number of rotatable bonds is 1. The van der Waals surface area contributed by atoms with Gasteiger partial charge < -0.3 is 9.88 Å². The van der Waals surface area contributed by atoms with Crippen molar-refractivity contribution in [2.45, 2.75) is 19.0 Å². The second kappa shape index (κ2) is 5.70. The van der Waals surface area contributed by atoms with Gasteiger partial charge in [0.05, 0.1) is 6.04 Å². The summed E-state index contributed by atoms with van der Waals surface area (Å²) >= 11 is 0. The summed E-state index contributed by atoms with van der Waals surface area (Å²) < 4.78 is 2.34. The minimum absolute atomic E-state index is 0.196. The van der Waals surface area contributed by atoms with Gasteiger partial charge >= 0.3 is 0 Å². The molecule has 0 saturated carbocycles. The maximum Gasteiger partial charge on any atom is 0.0737 e. The number of benzene rings is 3. The molecule has 1 aromatic heterocycles. The van der Waals surface area contributed by atoms with Crippen LogP contribution in [0.15, 0.2) is 85.1 Å². The summed E-state index contributed by atoms with van der Waals surface area (Å²) in [5.74, 6) is 0. The summed E-state index contributed by atoms with van der Waals surface area (Å²) in [7, 11) is 0. The van der Waals surface area contributed by atoms with Crippen LogP contribution in [0.3, 0.4) is 0 Å². The zero-order chi connectivity index (χ0) is 17.8. The maximum absolute atomic E-state index is 3.79. The van der Waals surface area contributed by atoms with Crippen LogP contribution in [0.2, 0.25) is 0 Å². The molecule has 0 bridgehead atoms. The van der Waals surface area contributed by atoms with Crippen molar-refractivity contribution in [2.75, 3.05) is 0 Å². The first kappa shape index (κ1) is 15.0. The average Bonchev–Trinajstić information content (AvgIpc) is 3.29. The van der Waals surface area contributed by atoms with E-state index in [0.29, 0.717) is 0 Å². The molecule has 0 spiro atoms. The Morgan fingerprint density at radius 3 is 2.52 bits per heavy atom. The van der Waals surface area contributed by atoms with Crippen LogP contribution >= 0.6 is 0 Å². The summed E-state index contributed by atoms with van der Waals surface area (Å²) in [6.45, 7) is 0.875. The topological polar surface area (TPSA) is 17.0 Å². The second-order valence-corrected chi connectivity index (χ2v) is 7.50. The highest BCUT2D eigenvalue weighted by Gasteiger charge is 2.25. The van der Waals surface area contributed by atoms with Crippen LogP contribution in [-0.4, -0.2) is 4.57 Å². The summed E-state index contributed by atoms with van der Waals surface area (Å²) in [5.41, 5.74) is 10.9. The van der Waals surface area contributed by atoms with E-state index >= 15 is 0 Å². The molecule has 0 unspecified atom stereocenters. The van der Waals surface area contributed by atoms with Gasteiger partial charge in [0.15, 0.2) is 0 Å². The Kier molecular flexibility index (Phi) is 3.17. The van der Waals surface area contributed by atoms with Gasteiger partial charge in [0.25, 0.3) is 0 Å². The van der Waals surface area contributed by atoms with Gasteiger partial charge in [0, 0.05) is 24.1 Å². The van der Waals surface area contributed by atoms with Crippen LogP contribution in [0, 0.1) is 0 Å². The lowest BCUT2D eigenvalue weighted by Crippen LogP contribution is -2.21. The van der Waals surface area contributed by atoms with Gasteiger partial charge in [-0.2, -0.15) is 0 Å². The minimum Gasteiger partial charge on any atom is -0.319 e. The predicted octanol–water partition coefficient (Wildman–Crippen LogP) is 5.24. The van der Waals surface area contributed by atoms with Crippen LogP contribution in [0.1, 0.15) is 34.0 Å². The van der Waals surface area contributed by atoms with Gasteiger partial charge in [-0.05, 0) is 58.0 Å². The fourth-order valence-electron chi connectivity index (χ4n) is 4.69. The van der Waals surface area contributed by atoms with Crippen LogP contribution in [0.25, 0.3) is 16.8 Å². The van der Waals surface area contributed by atoms with Crippen molar-refractivity contribution in [1.82, 2.24) is 9.88 Å². The van der Waals surface area contributed by atoms with E-state index in [1.54, 1.807) is 0 Å². The summed E-state index contributed by atoms with van der Waals surface area (Å²) in [4.78, 5) is 0. The Bertz CT molecular complexity index is 1170. The molecule has 6 rings (SSSR count). The third kappa shape index (κ3) is 2.23. The number of para-hydroxylation sites is 1. The molecule has 1 aliphatic carbocycles. The normalized spacial score (nSPS) is 16.8. The lowest BCUT2D eigenvalue weighted by atomic mass is 9.97. The number of aromatic nitrogens is 1. The Labute approximate surface area is 159 Å². The first-order valence-electron chi connectivity index (χ1n) is 9.58. The molecule has 0 amide bonds. The zero-order valence-corrected chi connectivity index (χ0v) is 15.0. The van der Waals surface area contributed by atoms with Gasteiger partial charge in [-0.3, -0.25) is 0 Å². The molecule has 3 aromatic carbocycles. The van der Waals surface area contributed by atoms with Gasteiger partial charge in [-0.15, -0.1) is 0 Å². The van der Waals surface area contributed by atoms with Gasteiger partial charge in [-0.1, -0.05) is 60.7 Å². The highest BCUT2D eigenvalue weighted by atomic mass is 15.1. The number of fused-ring (bicyclic) bond motifs is 6. The van der Waals surface area contributed by atoms with Crippen molar-refractivity contribution in [3.8, 4) is 16.8 Å². The third-order valence-corrected chi connectivity index (χ3v) is 5.97. The molecule has 130 valence electrons. The molecule has 1 N–H and O–H groups in total. The molecule has 0 radical (unpaired) electrons. The Morgan fingerprint density at radius 2 is 1.56 bits per heavy atom. The molecule has 2 nitrogen and oxygen atoms in total. The maximum atomic E-state index is 3.79. The van der Waals surface area contributed by atoms with E-state index in [9.17, 15) is 0 Å². The summed E-state index contributed by atoms with van der Waals surface area (Å²) in [5, 5.41) is 3.79. The van der Waals surface area contributed by atoms with E-state index in [2.05, 4.69) is 94.9 Å². The van der Waals surface area contributed by atoms with E-state index < -0.39 is 0 Å². The molecular formula is C25H20N2. The molecule has 1 atom stereocenters. The van der Waals surface area contributed by atoms with Crippen molar-refractivity contribution >= 4 is 0 Å². The van der Waals surface area contributed by atoms with E-state index in [-0.39, 0.29) is 6.04 Å². The first-order valence-corrected chi connectivity index (χ1v) is 9.58. The van der Waals surface area contributed by atoms with Crippen molar-refractivity contribution in [1.29, 1.82) is 0 Å². The lowest BCUT2D eigenvalue weighted by Gasteiger charge is -2.19. The SMILES string of the molecule is c1ccc2c(c1)Cc1cc([C@H]3NCc4ccccc4-n4cccc43)ccc1-2. The molecular weight excluding hydrogens is 328 g/mol. The van der Waals surface area contributed by atoms with E-state index in [1.807, 2.05) is 0 Å². The average molecular weight is 348 g/mol. The van der Waals surface area contributed by atoms with E-state index in [0.717, 1.165) is 13.0 Å². The monoisotopic (exact) mass is 348 g/mol. The van der Waals surface area contributed by atoms with Crippen LogP contribution < -0.4 is 5.32 Å². The van der Waals surface area contributed by atoms with E-state index in [4.69, 9.17) is 0 Å². The standard InChI is InChI=1S/C25H20N2/c1-3-8-21-17(6-1)14-20-15-18(11-12-22(20)21)25-24-10-5-13-27(24)23-9-4-2-7-19(23)16-26-25/h1-13,15,25-26H,14,16H2/t25-/m1/s1. The molecule has 27 heavy (non-hydrogen) atoms. The van der Waals surface area contributed by atoms with E-state index in [1.165, 1.54) is 44.8 Å². The summed E-state index contributed by atoms with van der Waals surface area (Å²) in [6, 6.07) is 29.0. The highest BCUT2D eigenvalue weighted by Crippen LogP contribution is 2.39. The van der Waals surface area contributed by atoms with Crippen molar-refractivity contribution in [3.05, 3.63) is 113 Å². The number of nitrogens with zero attached hydrogens (tertiary/aromatic N) is 1. The van der Waals surface area contributed by atoms with Gasteiger partial charge in [-0.25, -0.2) is 0 Å². The molecule has 2 heterocycles. The number of hydrogen-bond acceptors (Lipinski definition) is 1. The van der Waals surface area contributed by atoms with Crippen molar-refractivity contribution < 1.29 is 0 Å².